The van der Waals surface area contributed by atoms with E-state index in [2.05, 4.69) is 10.3 Å². The van der Waals surface area contributed by atoms with E-state index in [0.717, 1.165) is 23.5 Å². The Balaban J connectivity index is 2.20. The molecule has 2 aromatic rings. The zero-order chi connectivity index (χ0) is 14.0. The van der Waals surface area contributed by atoms with Crippen LogP contribution in [0.3, 0.4) is 0 Å². The second-order valence-corrected chi connectivity index (χ2v) is 4.87. The summed E-state index contributed by atoms with van der Waals surface area (Å²) >= 11 is 1.08. The van der Waals surface area contributed by atoms with Crippen LogP contribution in [0.5, 0.6) is 0 Å². The maximum Gasteiger partial charge on any atom is 0.254 e. The van der Waals surface area contributed by atoms with Crippen molar-refractivity contribution in [2.24, 2.45) is 0 Å². The molecule has 19 heavy (non-hydrogen) atoms. The molecule has 0 aliphatic carbocycles. The molecular formula is C12H12F2N2O2S. The lowest BCUT2D eigenvalue weighted by Gasteiger charge is -2.09. The molecule has 1 aromatic carbocycles. The molecule has 0 fully saturated rings. The molecule has 1 amide bonds. The lowest BCUT2D eigenvalue weighted by molar-refractivity contribution is -0.126. The average Bonchev–Trinajstić information content (AvgIpc) is 2.71. The fraction of sp³-hybridized carbons (Fsp3) is 0.333. The van der Waals surface area contributed by atoms with Gasteiger partial charge in [-0.25, -0.2) is 13.8 Å². The number of halogens is 2. The van der Waals surface area contributed by atoms with Crippen LogP contribution in [-0.4, -0.2) is 23.6 Å². The maximum atomic E-state index is 13.0. The van der Waals surface area contributed by atoms with Gasteiger partial charge in [0.25, 0.3) is 5.91 Å². The first-order chi connectivity index (χ1) is 9.01. The van der Waals surface area contributed by atoms with Crippen molar-refractivity contribution in [3.05, 3.63) is 23.8 Å². The third-order valence-corrected chi connectivity index (χ3v) is 3.38. The number of carbonyl (C=O) groups is 1. The first-order valence-electron chi connectivity index (χ1n) is 5.69. The summed E-state index contributed by atoms with van der Waals surface area (Å²) in [5, 5.41) is 2.84. The molecule has 0 radical (unpaired) electrons. The second kappa shape index (κ2) is 5.58. The molecule has 1 aromatic heterocycles. The van der Waals surface area contributed by atoms with Crippen molar-refractivity contribution in [3.63, 3.8) is 0 Å². The Labute approximate surface area is 112 Å². The van der Waals surface area contributed by atoms with E-state index < -0.39 is 17.7 Å². The van der Waals surface area contributed by atoms with Gasteiger partial charge in [0.15, 0.2) is 16.8 Å². The minimum atomic E-state index is -0.960. The SMILES string of the molecule is CCO[C@@H](C)C(=O)Nc1nc2cc(F)c(F)cc2s1. The van der Waals surface area contributed by atoms with Gasteiger partial charge < -0.3 is 4.74 Å². The second-order valence-electron chi connectivity index (χ2n) is 3.84. The van der Waals surface area contributed by atoms with Crippen LogP contribution < -0.4 is 5.32 Å². The van der Waals surface area contributed by atoms with Crippen LogP contribution >= 0.6 is 11.3 Å². The largest absolute Gasteiger partial charge is 0.369 e. The Bertz CT molecular complexity index is 576. The quantitative estimate of drug-likeness (QED) is 0.940. The van der Waals surface area contributed by atoms with Crippen LogP contribution in [0, 0.1) is 11.6 Å². The smallest absolute Gasteiger partial charge is 0.254 e. The molecule has 0 bridgehead atoms. The maximum absolute atomic E-state index is 13.0. The highest BCUT2D eigenvalue weighted by molar-refractivity contribution is 7.22. The van der Waals surface area contributed by atoms with Crippen molar-refractivity contribution in [2.75, 3.05) is 11.9 Å². The number of benzene rings is 1. The van der Waals surface area contributed by atoms with Gasteiger partial charge in [0, 0.05) is 12.7 Å². The van der Waals surface area contributed by atoms with Crippen molar-refractivity contribution < 1.29 is 18.3 Å². The topological polar surface area (TPSA) is 51.2 Å². The van der Waals surface area contributed by atoms with E-state index in [1.165, 1.54) is 0 Å². The first-order valence-corrected chi connectivity index (χ1v) is 6.51. The number of amides is 1. The van der Waals surface area contributed by atoms with E-state index in [1.807, 2.05) is 0 Å². The van der Waals surface area contributed by atoms with Crippen molar-refractivity contribution in [3.8, 4) is 0 Å². The molecule has 0 unspecified atom stereocenters. The van der Waals surface area contributed by atoms with Crippen LogP contribution in [0.4, 0.5) is 13.9 Å². The molecule has 0 saturated heterocycles. The zero-order valence-corrected chi connectivity index (χ0v) is 11.2. The normalized spacial score (nSPS) is 12.6. The average molecular weight is 286 g/mol. The van der Waals surface area contributed by atoms with Crippen molar-refractivity contribution in [1.82, 2.24) is 4.98 Å². The van der Waals surface area contributed by atoms with E-state index in [1.54, 1.807) is 13.8 Å². The van der Waals surface area contributed by atoms with Crippen LogP contribution in [0.2, 0.25) is 0 Å². The lowest BCUT2D eigenvalue weighted by atomic mass is 10.3. The number of nitrogens with one attached hydrogen (secondary N) is 1. The van der Waals surface area contributed by atoms with Gasteiger partial charge in [-0.3, -0.25) is 10.1 Å². The number of carbonyl (C=O) groups excluding carboxylic acids is 1. The van der Waals surface area contributed by atoms with Crippen molar-refractivity contribution >= 4 is 32.6 Å². The molecule has 1 atom stereocenters. The molecule has 0 spiro atoms. The lowest BCUT2D eigenvalue weighted by Crippen LogP contribution is -2.27. The summed E-state index contributed by atoms with van der Waals surface area (Å²) in [6, 6.07) is 2.06. The molecule has 0 aliphatic rings. The van der Waals surface area contributed by atoms with Gasteiger partial charge in [0.1, 0.15) is 6.10 Å². The highest BCUT2D eigenvalue weighted by Crippen LogP contribution is 2.27. The van der Waals surface area contributed by atoms with Crippen molar-refractivity contribution in [1.29, 1.82) is 0 Å². The monoisotopic (exact) mass is 286 g/mol. The molecule has 0 aliphatic heterocycles. The molecule has 102 valence electrons. The van der Waals surface area contributed by atoms with E-state index in [-0.39, 0.29) is 11.0 Å². The highest BCUT2D eigenvalue weighted by atomic mass is 32.1. The first kappa shape index (κ1) is 13.8. The van der Waals surface area contributed by atoms with Gasteiger partial charge in [-0.1, -0.05) is 11.3 Å². The molecule has 4 nitrogen and oxygen atoms in total. The van der Waals surface area contributed by atoms with Crippen LogP contribution in [-0.2, 0) is 9.53 Å². The van der Waals surface area contributed by atoms with Gasteiger partial charge in [0.2, 0.25) is 0 Å². The molecule has 1 heterocycles. The van der Waals surface area contributed by atoms with E-state index >= 15 is 0 Å². The summed E-state index contributed by atoms with van der Waals surface area (Å²) in [6.45, 7) is 3.82. The van der Waals surface area contributed by atoms with Gasteiger partial charge in [-0.2, -0.15) is 0 Å². The molecule has 7 heteroatoms. The number of aromatic nitrogens is 1. The minimum Gasteiger partial charge on any atom is -0.369 e. The van der Waals surface area contributed by atoms with Crippen LogP contribution in [0.15, 0.2) is 12.1 Å². The number of fused-ring (bicyclic) bond motifs is 1. The Morgan fingerprint density at radius 2 is 2.16 bits per heavy atom. The van der Waals surface area contributed by atoms with Crippen LogP contribution in [0.1, 0.15) is 13.8 Å². The molecule has 2 rings (SSSR count). The standard InChI is InChI=1S/C12H12F2N2O2S/c1-3-18-6(2)11(17)16-12-15-9-4-7(13)8(14)5-10(9)19-12/h4-6H,3H2,1-2H3,(H,15,16,17)/t6-/m0/s1. The minimum absolute atomic E-state index is 0.288. The Morgan fingerprint density at radius 1 is 1.47 bits per heavy atom. The Morgan fingerprint density at radius 3 is 2.84 bits per heavy atom. The van der Waals surface area contributed by atoms with Gasteiger partial charge in [-0.15, -0.1) is 0 Å². The van der Waals surface area contributed by atoms with Crippen LogP contribution in [0.25, 0.3) is 10.2 Å². The fourth-order valence-corrected chi connectivity index (χ4v) is 2.39. The summed E-state index contributed by atoms with van der Waals surface area (Å²) in [5.41, 5.74) is 0.309. The number of hydrogen-bond acceptors (Lipinski definition) is 4. The summed E-state index contributed by atoms with van der Waals surface area (Å²) in [4.78, 5) is 15.7. The number of anilines is 1. The summed E-state index contributed by atoms with van der Waals surface area (Å²) in [6.07, 6.45) is -0.606. The number of thiazole rings is 1. The van der Waals surface area contributed by atoms with E-state index in [9.17, 15) is 13.6 Å². The van der Waals surface area contributed by atoms with E-state index in [4.69, 9.17) is 4.74 Å². The van der Waals surface area contributed by atoms with Gasteiger partial charge >= 0.3 is 0 Å². The van der Waals surface area contributed by atoms with Crippen molar-refractivity contribution in [2.45, 2.75) is 20.0 Å². The predicted octanol–water partition coefficient (Wildman–Crippen LogP) is 2.94. The predicted molar refractivity (Wildman–Crippen MR) is 69.3 cm³/mol. The number of hydrogen-bond donors (Lipinski definition) is 1. The summed E-state index contributed by atoms with van der Waals surface area (Å²) in [5.74, 6) is -2.24. The number of nitrogens with zero attached hydrogens (tertiary/aromatic N) is 1. The summed E-state index contributed by atoms with van der Waals surface area (Å²) in [7, 11) is 0. The molecular weight excluding hydrogens is 274 g/mol. The Hall–Kier alpha value is -1.60. The van der Waals surface area contributed by atoms with Gasteiger partial charge in [-0.05, 0) is 19.9 Å². The third-order valence-electron chi connectivity index (χ3n) is 2.45. The Kier molecular flexibility index (Phi) is 4.06. The molecule has 1 N–H and O–H groups in total. The number of ether oxygens (including phenoxy) is 1. The number of rotatable bonds is 4. The fourth-order valence-electron chi connectivity index (χ4n) is 1.51. The summed E-state index contributed by atoms with van der Waals surface area (Å²) < 4.78 is 31.7. The van der Waals surface area contributed by atoms with Gasteiger partial charge in [0.05, 0.1) is 10.2 Å². The zero-order valence-electron chi connectivity index (χ0n) is 10.4. The van der Waals surface area contributed by atoms with E-state index in [0.29, 0.717) is 16.8 Å². The third kappa shape index (κ3) is 3.05. The highest BCUT2D eigenvalue weighted by Gasteiger charge is 2.15. The molecule has 0 saturated carbocycles.